The Balaban J connectivity index is 2.31. The van der Waals surface area contributed by atoms with Gasteiger partial charge in [0.2, 0.25) is 0 Å². The van der Waals surface area contributed by atoms with Gasteiger partial charge in [0, 0.05) is 18.9 Å². The van der Waals surface area contributed by atoms with Crippen LogP contribution >= 0.6 is 0 Å². The van der Waals surface area contributed by atoms with E-state index in [1.165, 1.54) is 5.56 Å². The van der Waals surface area contributed by atoms with Crippen molar-refractivity contribution in [3.63, 3.8) is 0 Å². The average Bonchev–Trinajstić information content (AvgIpc) is 2.60. The molecule has 0 aromatic carbocycles. The standard InChI is InChI=1S/C16H25BN2O2/c1-12-7-8-19-10-13(12)9-14(11-18-6)17-20-15(2,3)16(4,5)21-17/h7-10,18H,11H2,1-6H3. The Hall–Kier alpha value is -1.17. The summed E-state index contributed by atoms with van der Waals surface area (Å²) < 4.78 is 12.3. The van der Waals surface area contributed by atoms with Gasteiger partial charge in [-0.3, -0.25) is 4.98 Å². The van der Waals surface area contributed by atoms with E-state index >= 15 is 0 Å². The monoisotopic (exact) mass is 288 g/mol. The number of nitrogens with one attached hydrogen (secondary N) is 1. The van der Waals surface area contributed by atoms with Crippen LogP contribution in [0.25, 0.3) is 6.08 Å². The maximum Gasteiger partial charge on any atom is 0.491 e. The maximum atomic E-state index is 6.14. The van der Waals surface area contributed by atoms with Gasteiger partial charge < -0.3 is 14.6 Å². The van der Waals surface area contributed by atoms with Crippen molar-refractivity contribution >= 4 is 13.2 Å². The Bertz CT molecular complexity index is 525. The average molecular weight is 288 g/mol. The molecule has 114 valence electrons. The lowest BCUT2D eigenvalue weighted by Gasteiger charge is -2.32. The summed E-state index contributed by atoms with van der Waals surface area (Å²) in [5, 5.41) is 3.19. The third-order valence-corrected chi connectivity index (χ3v) is 4.36. The molecule has 0 aliphatic carbocycles. The molecule has 4 nitrogen and oxygen atoms in total. The molecule has 2 heterocycles. The lowest BCUT2D eigenvalue weighted by Crippen LogP contribution is -2.41. The van der Waals surface area contributed by atoms with Gasteiger partial charge in [-0.2, -0.15) is 0 Å². The van der Waals surface area contributed by atoms with Gasteiger partial charge >= 0.3 is 7.12 Å². The molecule has 21 heavy (non-hydrogen) atoms. The normalized spacial score (nSPS) is 20.9. The minimum absolute atomic E-state index is 0.325. The minimum Gasteiger partial charge on any atom is -0.400 e. The molecule has 1 fully saturated rings. The second-order valence-electron chi connectivity index (χ2n) is 6.57. The van der Waals surface area contributed by atoms with E-state index in [-0.39, 0.29) is 18.3 Å². The van der Waals surface area contributed by atoms with Crippen LogP contribution in [0.4, 0.5) is 0 Å². The molecule has 5 heteroatoms. The first-order valence-corrected chi connectivity index (χ1v) is 7.38. The Morgan fingerprint density at radius 1 is 1.29 bits per heavy atom. The SMILES string of the molecule is CNCC(=Cc1cnccc1C)B1OC(C)(C)C(C)(C)O1. The van der Waals surface area contributed by atoms with Gasteiger partial charge in [0.1, 0.15) is 0 Å². The van der Waals surface area contributed by atoms with E-state index in [4.69, 9.17) is 9.31 Å². The van der Waals surface area contributed by atoms with Crippen molar-refractivity contribution in [2.75, 3.05) is 13.6 Å². The van der Waals surface area contributed by atoms with Gasteiger partial charge in [-0.1, -0.05) is 6.08 Å². The zero-order chi connectivity index (χ0) is 15.7. The zero-order valence-electron chi connectivity index (χ0n) is 13.9. The van der Waals surface area contributed by atoms with E-state index in [0.717, 1.165) is 11.0 Å². The maximum absolute atomic E-state index is 6.14. The first kappa shape index (κ1) is 16.2. The Kier molecular flexibility index (Phi) is 4.56. The number of nitrogens with zero attached hydrogens (tertiary/aromatic N) is 1. The molecule has 1 saturated heterocycles. The summed E-state index contributed by atoms with van der Waals surface area (Å²) in [6.45, 7) is 11.1. The number of pyridine rings is 1. The van der Waals surface area contributed by atoms with Crippen LogP contribution < -0.4 is 5.32 Å². The van der Waals surface area contributed by atoms with Crippen LogP contribution in [-0.2, 0) is 9.31 Å². The number of hydrogen-bond donors (Lipinski definition) is 1. The van der Waals surface area contributed by atoms with Crippen LogP contribution in [-0.4, -0.2) is 36.9 Å². The highest BCUT2D eigenvalue weighted by Gasteiger charge is 2.52. The first-order valence-electron chi connectivity index (χ1n) is 7.38. The third kappa shape index (κ3) is 3.36. The fraction of sp³-hybridized carbons (Fsp3) is 0.562. The number of likely N-dealkylation sites (N-methyl/N-ethyl adjacent to an activating group) is 1. The van der Waals surface area contributed by atoms with Gasteiger partial charge in [-0.05, 0) is 64.3 Å². The predicted octanol–water partition coefficient (Wildman–Crippen LogP) is 2.62. The Morgan fingerprint density at radius 3 is 2.43 bits per heavy atom. The summed E-state index contributed by atoms with van der Waals surface area (Å²) >= 11 is 0. The fourth-order valence-electron chi connectivity index (χ4n) is 2.23. The van der Waals surface area contributed by atoms with E-state index in [9.17, 15) is 0 Å². The van der Waals surface area contributed by atoms with E-state index in [1.807, 2.05) is 19.3 Å². The number of aryl methyl sites for hydroxylation is 1. The van der Waals surface area contributed by atoms with Crippen molar-refractivity contribution < 1.29 is 9.31 Å². The highest BCUT2D eigenvalue weighted by atomic mass is 16.7. The predicted molar refractivity (Wildman–Crippen MR) is 87.0 cm³/mol. The molecule has 0 radical (unpaired) electrons. The summed E-state index contributed by atoms with van der Waals surface area (Å²) in [5.74, 6) is 0. The fourth-order valence-corrected chi connectivity index (χ4v) is 2.23. The highest BCUT2D eigenvalue weighted by molar-refractivity contribution is 6.55. The van der Waals surface area contributed by atoms with E-state index in [2.05, 4.69) is 51.0 Å². The topological polar surface area (TPSA) is 43.4 Å². The molecule has 1 aromatic heterocycles. The molecule has 0 spiro atoms. The number of aromatic nitrogens is 1. The van der Waals surface area contributed by atoms with Crippen molar-refractivity contribution in [1.82, 2.24) is 10.3 Å². The van der Waals surface area contributed by atoms with Crippen molar-refractivity contribution in [2.24, 2.45) is 0 Å². The lowest BCUT2D eigenvalue weighted by molar-refractivity contribution is 0.00578. The highest BCUT2D eigenvalue weighted by Crippen LogP contribution is 2.38. The molecule has 0 amide bonds. The second-order valence-corrected chi connectivity index (χ2v) is 6.57. The van der Waals surface area contributed by atoms with Gasteiger partial charge in [-0.15, -0.1) is 0 Å². The smallest absolute Gasteiger partial charge is 0.400 e. The first-order chi connectivity index (χ1) is 9.77. The van der Waals surface area contributed by atoms with Gasteiger partial charge in [0.05, 0.1) is 11.2 Å². The number of hydrogen-bond acceptors (Lipinski definition) is 4. The summed E-state index contributed by atoms with van der Waals surface area (Å²) in [6.07, 6.45) is 5.79. The van der Waals surface area contributed by atoms with E-state index in [1.54, 1.807) is 6.20 Å². The van der Waals surface area contributed by atoms with Crippen LogP contribution in [0, 0.1) is 6.92 Å². The summed E-state index contributed by atoms with van der Waals surface area (Å²) in [7, 11) is 1.59. The molecule has 1 aliphatic rings. The van der Waals surface area contributed by atoms with Crippen molar-refractivity contribution in [2.45, 2.75) is 45.8 Å². The lowest BCUT2D eigenvalue weighted by atomic mass is 9.77. The van der Waals surface area contributed by atoms with Crippen LogP contribution in [0.1, 0.15) is 38.8 Å². The molecule has 1 aromatic rings. The quantitative estimate of drug-likeness (QED) is 0.865. The molecular formula is C16H25BN2O2. The zero-order valence-corrected chi connectivity index (χ0v) is 13.9. The Labute approximate surface area is 128 Å². The molecule has 1 aliphatic heterocycles. The summed E-state index contributed by atoms with van der Waals surface area (Å²) in [4.78, 5) is 4.20. The van der Waals surface area contributed by atoms with Crippen LogP contribution in [0.3, 0.4) is 0 Å². The van der Waals surface area contributed by atoms with Crippen molar-refractivity contribution in [1.29, 1.82) is 0 Å². The second kappa shape index (κ2) is 5.91. The summed E-state index contributed by atoms with van der Waals surface area (Å²) in [6, 6.07) is 2.01. The van der Waals surface area contributed by atoms with Gasteiger partial charge in [0.15, 0.2) is 0 Å². The van der Waals surface area contributed by atoms with Crippen LogP contribution in [0.2, 0.25) is 0 Å². The minimum atomic E-state index is -0.331. The Morgan fingerprint density at radius 2 is 1.90 bits per heavy atom. The molecule has 0 bridgehead atoms. The van der Waals surface area contributed by atoms with Crippen LogP contribution in [0.5, 0.6) is 0 Å². The molecular weight excluding hydrogens is 263 g/mol. The van der Waals surface area contributed by atoms with Crippen molar-refractivity contribution in [3.05, 3.63) is 35.1 Å². The molecule has 0 saturated carbocycles. The largest absolute Gasteiger partial charge is 0.491 e. The van der Waals surface area contributed by atoms with E-state index < -0.39 is 0 Å². The molecule has 0 atom stereocenters. The van der Waals surface area contributed by atoms with E-state index in [0.29, 0.717) is 6.54 Å². The molecule has 1 N–H and O–H groups in total. The van der Waals surface area contributed by atoms with Gasteiger partial charge in [0.25, 0.3) is 0 Å². The number of rotatable bonds is 4. The molecule has 0 unspecified atom stereocenters. The van der Waals surface area contributed by atoms with Crippen LogP contribution in [0.15, 0.2) is 23.9 Å². The molecule has 2 rings (SSSR count). The van der Waals surface area contributed by atoms with Gasteiger partial charge in [-0.25, -0.2) is 0 Å². The third-order valence-electron chi connectivity index (χ3n) is 4.36. The summed E-state index contributed by atoms with van der Waals surface area (Å²) in [5.41, 5.74) is 2.71. The van der Waals surface area contributed by atoms with Crippen molar-refractivity contribution in [3.8, 4) is 0 Å².